The summed E-state index contributed by atoms with van der Waals surface area (Å²) in [5.74, 6) is 1.07. The molecule has 110 valence electrons. The van der Waals surface area contributed by atoms with Gasteiger partial charge in [-0.2, -0.15) is 0 Å². The molecule has 0 aliphatic rings. The van der Waals surface area contributed by atoms with Crippen LogP contribution in [-0.4, -0.2) is 17.7 Å². The largest absolute Gasteiger partial charge is 0.492 e. The molecule has 0 fully saturated rings. The minimum Gasteiger partial charge on any atom is -0.492 e. The predicted molar refractivity (Wildman–Crippen MR) is 79.9 cm³/mol. The molecule has 0 amide bonds. The monoisotopic (exact) mass is 286 g/mol. The SMILES string of the molecule is CC(C)(COc1cccc(Oc2ccccc2)c1)C(=O)O. The highest BCUT2D eigenvalue weighted by molar-refractivity contribution is 5.73. The van der Waals surface area contributed by atoms with Gasteiger partial charge in [0.1, 0.15) is 23.9 Å². The Hall–Kier alpha value is -2.49. The third-order valence-electron chi connectivity index (χ3n) is 2.96. The average molecular weight is 286 g/mol. The number of carboxylic acid groups (broad SMARTS) is 1. The molecule has 0 aliphatic carbocycles. The number of carbonyl (C=O) groups is 1. The molecule has 21 heavy (non-hydrogen) atoms. The maximum atomic E-state index is 11.0. The topological polar surface area (TPSA) is 55.8 Å². The van der Waals surface area contributed by atoms with E-state index in [1.165, 1.54) is 0 Å². The Balaban J connectivity index is 2.03. The third-order valence-corrected chi connectivity index (χ3v) is 2.96. The second kappa shape index (κ2) is 6.31. The third kappa shape index (κ3) is 4.24. The van der Waals surface area contributed by atoms with Gasteiger partial charge in [-0.3, -0.25) is 4.79 Å². The lowest BCUT2D eigenvalue weighted by atomic mass is 9.95. The summed E-state index contributed by atoms with van der Waals surface area (Å²) < 4.78 is 11.3. The average Bonchev–Trinajstić information content (AvgIpc) is 2.47. The second-order valence-corrected chi connectivity index (χ2v) is 5.37. The van der Waals surface area contributed by atoms with E-state index in [1.807, 2.05) is 36.4 Å². The maximum Gasteiger partial charge on any atom is 0.312 e. The normalized spacial score (nSPS) is 11.0. The number of para-hydroxylation sites is 1. The molecule has 0 saturated carbocycles. The predicted octanol–water partition coefficient (Wildman–Crippen LogP) is 3.97. The van der Waals surface area contributed by atoms with Gasteiger partial charge in [0.2, 0.25) is 0 Å². The van der Waals surface area contributed by atoms with Gasteiger partial charge in [-0.25, -0.2) is 0 Å². The van der Waals surface area contributed by atoms with Gasteiger partial charge in [0.15, 0.2) is 0 Å². The van der Waals surface area contributed by atoms with Gasteiger partial charge in [0.05, 0.1) is 5.41 Å². The summed E-state index contributed by atoms with van der Waals surface area (Å²) in [4.78, 5) is 11.0. The number of benzene rings is 2. The molecule has 0 saturated heterocycles. The van der Waals surface area contributed by atoms with Crippen molar-refractivity contribution < 1.29 is 19.4 Å². The minimum atomic E-state index is -0.934. The second-order valence-electron chi connectivity index (χ2n) is 5.37. The molecule has 2 aromatic rings. The summed E-state index contributed by atoms with van der Waals surface area (Å²) in [5.41, 5.74) is -0.934. The fourth-order valence-electron chi connectivity index (χ4n) is 1.58. The van der Waals surface area contributed by atoms with Crippen LogP contribution in [0.15, 0.2) is 54.6 Å². The van der Waals surface area contributed by atoms with Gasteiger partial charge in [-0.15, -0.1) is 0 Å². The number of hydrogen-bond donors (Lipinski definition) is 1. The first-order valence-electron chi connectivity index (χ1n) is 6.66. The molecule has 0 atom stereocenters. The van der Waals surface area contributed by atoms with Crippen molar-refractivity contribution >= 4 is 5.97 Å². The molecule has 4 nitrogen and oxygen atoms in total. The van der Waals surface area contributed by atoms with Crippen molar-refractivity contribution in [1.29, 1.82) is 0 Å². The Bertz CT molecular complexity index is 605. The van der Waals surface area contributed by atoms with E-state index < -0.39 is 11.4 Å². The van der Waals surface area contributed by atoms with E-state index in [2.05, 4.69) is 0 Å². The first-order chi connectivity index (χ1) is 9.97. The van der Waals surface area contributed by atoms with Crippen LogP contribution in [0.4, 0.5) is 0 Å². The molecule has 2 aromatic carbocycles. The zero-order chi connectivity index (χ0) is 15.3. The molecule has 4 heteroatoms. The zero-order valence-corrected chi connectivity index (χ0v) is 12.1. The molecule has 0 aromatic heterocycles. The lowest BCUT2D eigenvalue weighted by Gasteiger charge is -2.19. The maximum absolute atomic E-state index is 11.0. The van der Waals surface area contributed by atoms with Gasteiger partial charge in [-0.1, -0.05) is 24.3 Å². The van der Waals surface area contributed by atoms with Crippen molar-refractivity contribution in [2.75, 3.05) is 6.61 Å². The van der Waals surface area contributed by atoms with E-state index in [9.17, 15) is 4.79 Å². The molecule has 0 bridgehead atoms. The van der Waals surface area contributed by atoms with Crippen molar-refractivity contribution in [3.63, 3.8) is 0 Å². The van der Waals surface area contributed by atoms with Crippen LogP contribution >= 0.6 is 0 Å². The van der Waals surface area contributed by atoms with Crippen molar-refractivity contribution in [2.45, 2.75) is 13.8 Å². The van der Waals surface area contributed by atoms with E-state index in [4.69, 9.17) is 14.6 Å². The van der Waals surface area contributed by atoms with E-state index in [1.54, 1.807) is 32.0 Å². The number of rotatable bonds is 6. The van der Waals surface area contributed by atoms with Crippen molar-refractivity contribution in [3.8, 4) is 17.2 Å². The Morgan fingerprint density at radius 2 is 1.62 bits per heavy atom. The molecule has 0 aliphatic heterocycles. The molecule has 0 spiro atoms. The van der Waals surface area contributed by atoms with E-state index in [0.29, 0.717) is 11.5 Å². The Morgan fingerprint density at radius 1 is 1.00 bits per heavy atom. The van der Waals surface area contributed by atoms with Gasteiger partial charge in [0.25, 0.3) is 0 Å². The van der Waals surface area contributed by atoms with Crippen molar-refractivity contribution in [2.24, 2.45) is 5.41 Å². The van der Waals surface area contributed by atoms with E-state index in [0.717, 1.165) is 5.75 Å². The fraction of sp³-hybridized carbons (Fsp3) is 0.235. The first kappa shape index (κ1) is 14.9. The lowest BCUT2D eigenvalue weighted by Crippen LogP contribution is -2.30. The van der Waals surface area contributed by atoms with Crippen LogP contribution in [0.2, 0.25) is 0 Å². The Labute approximate surface area is 123 Å². The van der Waals surface area contributed by atoms with E-state index in [-0.39, 0.29) is 6.61 Å². The summed E-state index contributed by atoms with van der Waals surface area (Å²) in [6, 6.07) is 16.6. The highest BCUT2D eigenvalue weighted by atomic mass is 16.5. The molecule has 2 rings (SSSR count). The number of ether oxygens (including phenoxy) is 2. The van der Waals surface area contributed by atoms with Crippen molar-refractivity contribution in [1.82, 2.24) is 0 Å². The smallest absolute Gasteiger partial charge is 0.312 e. The highest BCUT2D eigenvalue weighted by Crippen LogP contribution is 2.26. The summed E-state index contributed by atoms with van der Waals surface area (Å²) in [6.45, 7) is 3.34. The molecule has 0 unspecified atom stereocenters. The molecule has 1 N–H and O–H groups in total. The number of aliphatic carboxylic acids is 1. The van der Waals surface area contributed by atoms with Crippen LogP contribution < -0.4 is 9.47 Å². The van der Waals surface area contributed by atoms with Crippen LogP contribution in [-0.2, 0) is 4.79 Å². The van der Waals surface area contributed by atoms with Gasteiger partial charge in [0, 0.05) is 6.07 Å². The van der Waals surface area contributed by atoms with Gasteiger partial charge >= 0.3 is 5.97 Å². The number of hydrogen-bond acceptors (Lipinski definition) is 3. The minimum absolute atomic E-state index is 0.0944. The Morgan fingerprint density at radius 3 is 2.29 bits per heavy atom. The van der Waals surface area contributed by atoms with Crippen molar-refractivity contribution in [3.05, 3.63) is 54.6 Å². The fourth-order valence-corrected chi connectivity index (χ4v) is 1.58. The number of carboxylic acids is 1. The molecule has 0 heterocycles. The first-order valence-corrected chi connectivity index (χ1v) is 6.66. The molecule has 0 radical (unpaired) electrons. The van der Waals surface area contributed by atoms with Crippen LogP contribution in [0.25, 0.3) is 0 Å². The van der Waals surface area contributed by atoms with E-state index >= 15 is 0 Å². The summed E-state index contributed by atoms with van der Waals surface area (Å²) in [5, 5.41) is 9.06. The molecular weight excluding hydrogens is 268 g/mol. The molecular formula is C17H18O4. The summed E-state index contributed by atoms with van der Waals surface area (Å²) in [7, 11) is 0. The van der Waals surface area contributed by atoms with Crippen LogP contribution in [0.1, 0.15) is 13.8 Å². The lowest BCUT2D eigenvalue weighted by molar-refractivity contribution is -0.148. The highest BCUT2D eigenvalue weighted by Gasteiger charge is 2.28. The van der Waals surface area contributed by atoms with Gasteiger partial charge in [-0.05, 0) is 38.1 Å². The zero-order valence-electron chi connectivity index (χ0n) is 12.1. The van der Waals surface area contributed by atoms with Crippen LogP contribution in [0, 0.1) is 5.41 Å². The summed E-state index contributed by atoms with van der Waals surface area (Å²) >= 11 is 0. The van der Waals surface area contributed by atoms with Gasteiger partial charge < -0.3 is 14.6 Å². The standard InChI is InChI=1S/C17H18O4/c1-17(2,16(18)19)12-20-14-9-6-10-15(11-14)21-13-7-4-3-5-8-13/h3-11H,12H2,1-2H3,(H,18,19). The summed E-state index contributed by atoms with van der Waals surface area (Å²) in [6.07, 6.45) is 0. The van der Waals surface area contributed by atoms with Crippen LogP contribution in [0.3, 0.4) is 0 Å². The Kier molecular flexibility index (Phi) is 4.48. The quantitative estimate of drug-likeness (QED) is 0.873. The van der Waals surface area contributed by atoms with Crippen LogP contribution in [0.5, 0.6) is 17.2 Å².